The molecular formula is C24H35N3O3. The van der Waals surface area contributed by atoms with Crippen molar-refractivity contribution in [3.63, 3.8) is 0 Å². The highest BCUT2D eigenvalue weighted by molar-refractivity contribution is 5.67. The van der Waals surface area contributed by atoms with Gasteiger partial charge < -0.3 is 19.3 Å². The average molecular weight is 414 g/mol. The Balaban J connectivity index is 1.61. The average Bonchev–Trinajstić information content (AvgIpc) is 3.36. The summed E-state index contributed by atoms with van der Waals surface area (Å²) < 4.78 is 8.15. The number of carboxylic acids is 1. The van der Waals surface area contributed by atoms with Crippen molar-refractivity contribution in [1.82, 2.24) is 9.55 Å². The minimum atomic E-state index is -0.724. The van der Waals surface area contributed by atoms with Crippen molar-refractivity contribution in [2.45, 2.75) is 70.8 Å². The van der Waals surface area contributed by atoms with E-state index in [1.54, 1.807) is 0 Å². The zero-order valence-corrected chi connectivity index (χ0v) is 18.1. The predicted molar refractivity (Wildman–Crippen MR) is 119 cm³/mol. The van der Waals surface area contributed by atoms with E-state index in [4.69, 9.17) is 9.84 Å². The number of fused-ring (bicyclic) bond motifs is 1. The summed E-state index contributed by atoms with van der Waals surface area (Å²) in [6.45, 7) is 5.70. The van der Waals surface area contributed by atoms with Crippen LogP contribution in [0.1, 0.15) is 69.8 Å². The molecule has 2 heterocycles. The monoisotopic (exact) mass is 413 g/mol. The first-order chi connectivity index (χ1) is 14.7. The van der Waals surface area contributed by atoms with Gasteiger partial charge in [0.15, 0.2) is 0 Å². The van der Waals surface area contributed by atoms with E-state index in [9.17, 15) is 4.79 Å². The standard InChI is InChI=1S/C24H35N3O3/c1-2-3-4-5-16-30-21-10-11-23-22(17-21)20(8-6-13-26-15-12-25-19-26)18-27(23)14-7-9-24(28)29/h10-12,15,17,19-20H,2-9,13-14,16,18H2,1H3,(H,28,29). The molecule has 6 heteroatoms. The largest absolute Gasteiger partial charge is 0.494 e. The van der Waals surface area contributed by atoms with E-state index < -0.39 is 5.97 Å². The van der Waals surface area contributed by atoms with Crippen molar-refractivity contribution in [2.75, 3.05) is 24.6 Å². The van der Waals surface area contributed by atoms with Crippen molar-refractivity contribution in [1.29, 1.82) is 0 Å². The molecule has 0 bridgehead atoms. The number of ether oxygens (including phenoxy) is 1. The van der Waals surface area contributed by atoms with Gasteiger partial charge in [-0.15, -0.1) is 0 Å². The number of hydrogen-bond donors (Lipinski definition) is 1. The number of unbranched alkanes of at least 4 members (excludes halogenated alkanes) is 3. The zero-order chi connectivity index (χ0) is 21.2. The van der Waals surface area contributed by atoms with Crippen LogP contribution in [-0.2, 0) is 11.3 Å². The number of carbonyl (C=O) groups is 1. The minimum Gasteiger partial charge on any atom is -0.494 e. The van der Waals surface area contributed by atoms with Gasteiger partial charge in [-0.05, 0) is 49.4 Å². The highest BCUT2D eigenvalue weighted by Crippen LogP contribution is 2.41. The SMILES string of the molecule is CCCCCCOc1ccc2c(c1)C(CCCn1ccnc1)CN2CCCC(=O)O. The smallest absolute Gasteiger partial charge is 0.303 e. The van der Waals surface area contributed by atoms with Gasteiger partial charge in [-0.1, -0.05) is 26.2 Å². The van der Waals surface area contributed by atoms with Gasteiger partial charge in [0.25, 0.3) is 0 Å². The molecule has 1 unspecified atom stereocenters. The lowest BCUT2D eigenvalue weighted by atomic mass is 9.96. The fourth-order valence-electron chi connectivity index (χ4n) is 4.24. The van der Waals surface area contributed by atoms with Crippen LogP contribution in [0.4, 0.5) is 5.69 Å². The van der Waals surface area contributed by atoms with Crippen LogP contribution in [0.3, 0.4) is 0 Å². The maximum atomic E-state index is 10.9. The Morgan fingerprint density at radius 3 is 2.87 bits per heavy atom. The van der Waals surface area contributed by atoms with E-state index in [2.05, 4.69) is 39.6 Å². The molecule has 0 radical (unpaired) electrons. The molecule has 2 aromatic rings. The molecule has 1 atom stereocenters. The van der Waals surface area contributed by atoms with E-state index in [1.165, 1.54) is 30.5 Å². The Labute approximate surface area is 179 Å². The molecule has 1 aromatic heterocycles. The van der Waals surface area contributed by atoms with E-state index in [-0.39, 0.29) is 6.42 Å². The van der Waals surface area contributed by atoms with Crippen molar-refractivity contribution < 1.29 is 14.6 Å². The molecule has 0 saturated carbocycles. The number of aryl methyl sites for hydroxylation is 1. The molecule has 164 valence electrons. The predicted octanol–water partition coefficient (Wildman–Crippen LogP) is 5.09. The Kier molecular flexibility index (Phi) is 8.60. The van der Waals surface area contributed by atoms with Gasteiger partial charge in [0.1, 0.15) is 5.75 Å². The van der Waals surface area contributed by atoms with Crippen molar-refractivity contribution in [2.24, 2.45) is 0 Å². The van der Waals surface area contributed by atoms with Crippen LogP contribution < -0.4 is 9.64 Å². The first-order valence-electron chi connectivity index (χ1n) is 11.4. The summed E-state index contributed by atoms with van der Waals surface area (Å²) in [6, 6.07) is 6.44. The van der Waals surface area contributed by atoms with Gasteiger partial charge in [-0.2, -0.15) is 0 Å². The summed E-state index contributed by atoms with van der Waals surface area (Å²) in [6.07, 6.45) is 13.6. The summed E-state index contributed by atoms with van der Waals surface area (Å²) in [4.78, 5) is 17.4. The van der Waals surface area contributed by atoms with E-state index in [0.29, 0.717) is 12.3 Å². The lowest BCUT2D eigenvalue weighted by Gasteiger charge is -2.19. The molecule has 0 aliphatic carbocycles. The third-order valence-corrected chi connectivity index (χ3v) is 5.83. The number of rotatable bonds is 14. The van der Waals surface area contributed by atoms with Crippen molar-refractivity contribution in [3.05, 3.63) is 42.5 Å². The number of benzene rings is 1. The quantitative estimate of drug-likeness (QED) is 0.437. The summed E-state index contributed by atoms with van der Waals surface area (Å²) in [5.41, 5.74) is 2.59. The number of anilines is 1. The minimum absolute atomic E-state index is 0.218. The highest BCUT2D eigenvalue weighted by Gasteiger charge is 2.28. The molecule has 0 saturated heterocycles. The molecule has 0 amide bonds. The van der Waals surface area contributed by atoms with Crippen molar-refractivity contribution >= 4 is 11.7 Å². The number of aliphatic carboxylic acids is 1. The van der Waals surface area contributed by atoms with Gasteiger partial charge in [-0.25, -0.2) is 4.98 Å². The van der Waals surface area contributed by atoms with Gasteiger partial charge in [-0.3, -0.25) is 4.79 Å². The molecule has 1 N–H and O–H groups in total. The van der Waals surface area contributed by atoms with Crippen LogP contribution in [0.15, 0.2) is 36.9 Å². The second-order valence-corrected chi connectivity index (χ2v) is 8.21. The lowest BCUT2D eigenvalue weighted by molar-refractivity contribution is -0.137. The van der Waals surface area contributed by atoms with Crippen LogP contribution in [-0.4, -0.2) is 40.3 Å². The van der Waals surface area contributed by atoms with Crippen LogP contribution in [0.25, 0.3) is 0 Å². The number of imidazole rings is 1. The van der Waals surface area contributed by atoms with Crippen LogP contribution in [0.5, 0.6) is 5.75 Å². The first kappa shape index (κ1) is 22.2. The maximum absolute atomic E-state index is 10.9. The Morgan fingerprint density at radius 2 is 2.10 bits per heavy atom. The molecule has 1 aromatic carbocycles. The molecule has 1 aliphatic heterocycles. The summed E-state index contributed by atoms with van der Waals surface area (Å²) in [5.74, 6) is 0.687. The van der Waals surface area contributed by atoms with Crippen molar-refractivity contribution in [3.8, 4) is 5.75 Å². The molecule has 1 aliphatic rings. The van der Waals surface area contributed by atoms with Crippen LogP contribution in [0.2, 0.25) is 0 Å². The third kappa shape index (κ3) is 6.51. The third-order valence-electron chi connectivity index (χ3n) is 5.83. The second kappa shape index (κ2) is 11.6. The second-order valence-electron chi connectivity index (χ2n) is 8.21. The Hall–Kier alpha value is -2.50. The molecule has 0 fully saturated rings. The van der Waals surface area contributed by atoms with E-state index in [0.717, 1.165) is 51.3 Å². The van der Waals surface area contributed by atoms with Crippen LogP contribution in [0, 0.1) is 0 Å². The Morgan fingerprint density at radius 1 is 1.20 bits per heavy atom. The van der Waals surface area contributed by atoms with Crippen LogP contribution >= 0.6 is 0 Å². The summed E-state index contributed by atoms with van der Waals surface area (Å²) in [7, 11) is 0. The number of hydrogen-bond acceptors (Lipinski definition) is 4. The van der Waals surface area contributed by atoms with Gasteiger partial charge in [0.05, 0.1) is 12.9 Å². The summed E-state index contributed by atoms with van der Waals surface area (Å²) in [5, 5.41) is 8.97. The Bertz CT molecular complexity index is 776. The van der Waals surface area contributed by atoms with E-state index in [1.807, 2.05) is 18.7 Å². The fraction of sp³-hybridized carbons (Fsp3) is 0.583. The molecule has 6 nitrogen and oxygen atoms in total. The fourth-order valence-corrected chi connectivity index (χ4v) is 4.24. The number of aromatic nitrogens is 2. The number of carboxylic acid groups (broad SMARTS) is 1. The molecule has 0 spiro atoms. The summed E-state index contributed by atoms with van der Waals surface area (Å²) >= 11 is 0. The maximum Gasteiger partial charge on any atom is 0.303 e. The van der Waals surface area contributed by atoms with Gasteiger partial charge in [0, 0.05) is 50.1 Å². The molecule has 3 rings (SSSR count). The van der Waals surface area contributed by atoms with E-state index >= 15 is 0 Å². The first-order valence-corrected chi connectivity index (χ1v) is 11.4. The van der Waals surface area contributed by atoms with Gasteiger partial charge in [0.2, 0.25) is 0 Å². The molecular weight excluding hydrogens is 378 g/mol. The topological polar surface area (TPSA) is 67.6 Å². The number of nitrogens with zero attached hydrogens (tertiary/aromatic N) is 3. The molecule has 30 heavy (non-hydrogen) atoms. The zero-order valence-electron chi connectivity index (χ0n) is 18.1. The van der Waals surface area contributed by atoms with Gasteiger partial charge >= 0.3 is 5.97 Å². The normalized spacial score (nSPS) is 15.4. The lowest BCUT2D eigenvalue weighted by Crippen LogP contribution is -2.23. The highest BCUT2D eigenvalue weighted by atomic mass is 16.5.